The van der Waals surface area contributed by atoms with E-state index in [0.29, 0.717) is 19.6 Å². The first-order valence-electron chi connectivity index (χ1n) is 19.2. The van der Waals surface area contributed by atoms with E-state index in [1.165, 1.54) is 22.5 Å². The second-order valence-corrected chi connectivity index (χ2v) is 13.7. The zero-order valence-corrected chi connectivity index (χ0v) is 31.2. The first-order chi connectivity index (χ1) is 24.5. The summed E-state index contributed by atoms with van der Waals surface area (Å²) in [5.74, 6) is 1.77. The second-order valence-electron chi connectivity index (χ2n) is 13.7. The van der Waals surface area contributed by atoms with Crippen molar-refractivity contribution in [3.63, 3.8) is 0 Å². The number of aromatic nitrogens is 1. The molecule has 0 atom stereocenters. The maximum atomic E-state index is 14.8. The Hall–Kier alpha value is -4.23. The van der Waals surface area contributed by atoms with Crippen molar-refractivity contribution in [3.8, 4) is 11.5 Å². The van der Waals surface area contributed by atoms with Gasteiger partial charge in [-0.2, -0.15) is 0 Å². The van der Waals surface area contributed by atoms with E-state index in [1.54, 1.807) is 0 Å². The van der Waals surface area contributed by atoms with Crippen LogP contribution < -0.4 is 19.9 Å². The zero-order chi connectivity index (χ0) is 35.3. The Kier molecular flexibility index (Phi) is 11.2. The third kappa shape index (κ3) is 6.30. The fourth-order valence-electron chi connectivity index (χ4n) is 8.25. The Morgan fingerprint density at radius 1 is 0.740 bits per heavy atom. The highest BCUT2D eigenvalue weighted by molar-refractivity contribution is 6.02. The van der Waals surface area contributed by atoms with Crippen LogP contribution in [-0.4, -0.2) is 55.1 Å². The molecule has 7 nitrogen and oxygen atoms in total. The molecular formula is C43H57N5O2. The average Bonchev–Trinajstić information content (AvgIpc) is 3.75. The number of hydrogen-bond acceptors (Lipinski definition) is 5. The summed E-state index contributed by atoms with van der Waals surface area (Å²) >= 11 is 0. The van der Waals surface area contributed by atoms with Gasteiger partial charge in [0.2, 0.25) is 0 Å². The molecule has 3 heterocycles. The highest BCUT2D eigenvalue weighted by Gasteiger charge is 2.56. The molecule has 2 aliphatic heterocycles. The monoisotopic (exact) mass is 675 g/mol. The molecule has 0 radical (unpaired) electrons. The number of anilines is 2. The van der Waals surface area contributed by atoms with Gasteiger partial charge in [0.1, 0.15) is 17.0 Å². The van der Waals surface area contributed by atoms with Crippen molar-refractivity contribution < 1.29 is 9.53 Å². The van der Waals surface area contributed by atoms with Crippen LogP contribution in [0, 0.1) is 0 Å². The summed E-state index contributed by atoms with van der Waals surface area (Å²) in [5, 5.41) is 3.62. The SMILES string of the molecule is CCCCc1cc2c(cc1N(CC)CC)Oc1cc(N(CC)CC)c(CCCC)cc1C21c2ccccc2C(=O)N1CCNCc1ccc[nH]1. The van der Waals surface area contributed by atoms with E-state index in [9.17, 15) is 4.79 Å². The van der Waals surface area contributed by atoms with Crippen molar-refractivity contribution in [2.75, 3.05) is 49.1 Å². The summed E-state index contributed by atoms with van der Waals surface area (Å²) in [6, 6.07) is 21.8. The normalized spacial score (nSPS) is 14.0. The fraction of sp³-hybridized carbons (Fsp3) is 0.465. The standard InChI is InChI=1S/C43H57N5O2/c1-7-13-18-31-26-36-40(28-38(31)46(9-3)10-4)50-41-29-39(47(11-5)12-6)32(19-14-8-2)27-37(41)43(36)35-22-16-15-21-34(35)42(49)48(43)25-24-44-30-33-20-17-23-45-33/h15-17,20-23,26-29,44-45H,7-14,18-19,24-25,30H2,1-6H3. The Morgan fingerprint density at radius 3 is 1.84 bits per heavy atom. The van der Waals surface area contributed by atoms with Gasteiger partial charge in [-0.05, 0) is 100 Å². The molecule has 0 saturated carbocycles. The Bertz CT molecular complexity index is 1680. The topological polar surface area (TPSA) is 63.8 Å². The van der Waals surface area contributed by atoms with Crippen LogP contribution >= 0.6 is 0 Å². The zero-order valence-electron chi connectivity index (χ0n) is 31.2. The van der Waals surface area contributed by atoms with Crippen molar-refractivity contribution in [3.05, 3.63) is 106 Å². The minimum Gasteiger partial charge on any atom is -0.456 e. The summed E-state index contributed by atoms with van der Waals surface area (Å²) in [6.07, 6.45) is 8.36. The van der Waals surface area contributed by atoms with E-state index in [0.717, 1.165) is 104 Å². The van der Waals surface area contributed by atoms with Crippen molar-refractivity contribution in [2.45, 2.75) is 92.2 Å². The van der Waals surface area contributed by atoms with Gasteiger partial charge in [-0.3, -0.25) is 4.79 Å². The predicted octanol–water partition coefficient (Wildman–Crippen LogP) is 9.04. The van der Waals surface area contributed by atoms with Crippen LogP contribution in [0.25, 0.3) is 0 Å². The molecule has 1 amide bonds. The van der Waals surface area contributed by atoms with Crippen molar-refractivity contribution in [1.29, 1.82) is 0 Å². The molecule has 266 valence electrons. The summed E-state index contributed by atoms with van der Waals surface area (Å²) in [6.45, 7) is 19.0. The van der Waals surface area contributed by atoms with Crippen LogP contribution in [-0.2, 0) is 24.9 Å². The van der Waals surface area contributed by atoms with E-state index in [1.807, 2.05) is 24.4 Å². The molecule has 2 aliphatic rings. The number of rotatable bonds is 17. The third-order valence-corrected chi connectivity index (χ3v) is 10.9. The molecule has 0 aliphatic carbocycles. The van der Waals surface area contributed by atoms with Gasteiger partial charge in [0, 0.05) is 97.9 Å². The maximum absolute atomic E-state index is 14.8. The van der Waals surface area contributed by atoms with E-state index in [-0.39, 0.29) is 5.91 Å². The number of fused-ring (bicyclic) bond motifs is 6. The minimum atomic E-state index is -0.823. The van der Waals surface area contributed by atoms with Crippen LogP contribution in [0.3, 0.4) is 0 Å². The first-order valence-corrected chi connectivity index (χ1v) is 19.2. The summed E-state index contributed by atoms with van der Waals surface area (Å²) in [5.41, 5.74) is 9.42. The van der Waals surface area contributed by atoms with Gasteiger partial charge >= 0.3 is 0 Å². The van der Waals surface area contributed by atoms with E-state index >= 15 is 0 Å². The number of carbonyl (C=O) groups excluding carboxylic acids is 1. The average molecular weight is 676 g/mol. The lowest BCUT2D eigenvalue weighted by Gasteiger charge is -2.45. The summed E-state index contributed by atoms with van der Waals surface area (Å²) in [4.78, 5) is 25.1. The molecule has 0 bridgehead atoms. The molecule has 4 aromatic rings. The third-order valence-electron chi connectivity index (χ3n) is 10.9. The molecule has 1 spiro atoms. The molecule has 0 saturated heterocycles. The smallest absolute Gasteiger partial charge is 0.255 e. The number of amides is 1. The molecule has 2 N–H and O–H groups in total. The number of hydrogen-bond donors (Lipinski definition) is 2. The molecule has 6 rings (SSSR count). The summed E-state index contributed by atoms with van der Waals surface area (Å²) < 4.78 is 7.10. The molecule has 1 aromatic heterocycles. The molecule has 50 heavy (non-hydrogen) atoms. The first kappa shape index (κ1) is 35.6. The fourth-order valence-corrected chi connectivity index (χ4v) is 8.25. The molecule has 7 heteroatoms. The van der Waals surface area contributed by atoms with Gasteiger partial charge in [-0.15, -0.1) is 0 Å². The molecule has 0 fully saturated rings. The Balaban J connectivity index is 1.62. The van der Waals surface area contributed by atoms with Crippen molar-refractivity contribution in [2.24, 2.45) is 0 Å². The number of unbranched alkanes of at least 4 members (excludes halogenated alkanes) is 2. The van der Waals surface area contributed by atoms with E-state index < -0.39 is 5.54 Å². The number of nitrogens with one attached hydrogen (secondary N) is 2. The quantitative estimate of drug-likeness (QED) is 0.109. The van der Waals surface area contributed by atoms with Gasteiger partial charge in [0.25, 0.3) is 5.91 Å². The number of ether oxygens (including phenoxy) is 1. The lowest BCUT2D eigenvalue weighted by molar-refractivity contribution is 0.0667. The van der Waals surface area contributed by atoms with Crippen LogP contribution in [0.4, 0.5) is 11.4 Å². The molecule has 3 aromatic carbocycles. The van der Waals surface area contributed by atoms with E-state index in [2.05, 4.69) is 109 Å². The molecule has 0 unspecified atom stereocenters. The Morgan fingerprint density at radius 2 is 1.32 bits per heavy atom. The highest BCUT2D eigenvalue weighted by atomic mass is 16.5. The van der Waals surface area contributed by atoms with Gasteiger partial charge < -0.3 is 29.7 Å². The minimum absolute atomic E-state index is 0.0759. The van der Waals surface area contributed by atoms with Gasteiger partial charge in [-0.1, -0.05) is 44.9 Å². The Labute approximate surface area is 300 Å². The van der Waals surface area contributed by atoms with Crippen LogP contribution in [0.2, 0.25) is 0 Å². The van der Waals surface area contributed by atoms with Crippen LogP contribution in [0.1, 0.15) is 111 Å². The number of aromatic amines is 1. The maximum Gasteiger partial charge on any atom is 0.255 e. The lowest BCUT2D eigenvalue weighted by atomic mass is 9.73. The summed E-state index contributed by atoms with van der Waals surface area (Å²) in [7, 11) is 0. The van der Waals surface area contributed by atoms with Gasteiger partial charge in [0.15, 0.2) is 0 Å². The lowest BCUT2D eigenvalue weighted by Crippen LogP contribution is -2.49. The second kappa shape index (κ2) is 15.8. The number of benzene rings is 3. The van der Waals surface area contributed by atoms with E-state index in [4.69, 9.17) is 4.74 Å². The van der Waals surface area contributed by atoms with Gasteiger partial charge in [-0.25, -0.2) is 0 Å². The molecular weight excluding hydrogens is 619 g/mol. The predicted molar refractivity (Wildman–Crippen MR) is 207 cm³/mol. The number of H-pyrrole nitrogens is 1. The van der Waals surface area contributed by atoms with Crippen LogP contribution in [0.5, 0.6) is 11.5 Å². The number of aryl methyl sites for hydroxylation is 2. The van der Waals surface area contributed by atoms with Crippen molar-refractivity contribution in [1.82, 2.24) is 15.2 Å². The number of nitrogens with zero attached hydrogens (tertiary/aromatic N) is 3. The largest absolute Gasteiger partial charge is 0.456 e. The van der Waals surface area contributed by atoms with Gasteiger partial charge in [0.05, 0.1) is 0 Å². The van der Waals surface area contributed by atoms with Crippen molar-refractivity contribution >= 4 is 17.3 Å². The van der Waals surface area contributed by atoms with Crippen LogP contribution in [0.15, 0.2) is 66.9 Å². The highest BCUT2D eigenvalue weighted by Crippen LogP contribution is 2.59. The number of carbonyl (C=O) groups is 1.